The van der Waals surface area contributed by atoms with Gasteiger partial charge in [-0.15, -0.1) is 0 Å². The molecule has 0 aromatic heterocycles. The van der Waals surface area contributed by atoms with Gasteiger partial charge in [-0.05, 0) is 44.0 Å². The van der Waals surface area contributed by atoms with E-state index in [1.807, 2.05) is 0 Å². The molecular formula is C14H30N2S. The Morgan fingerprint density at radius 3 is 2.18 bits per heavy atom. The maximum atomic E-state index is 4.58. The molecule has 1 fully saturated rings. The molecule has 0 radical (unpaired) electrons. The zero-order chi connectivity index (χ0) is 13.1. The fourth-order valence-electron chi connectivity index (χ4n) is 3.07. The first kappa shape index (κ1) is 15.3. The van der Waals surface area contributed by atoms with Crippen molar-refractivity contribution in [1.82, 2.24) is 9.80 Å². The number of rotatable bonds is 6. The molecule has 2 unspecified atom stereocenters. The topological polar surface area (TPSA) is 6.48 Å². The first-order valence-electron chi connectivity index (χ1n) is 6.97. The summed E-state index contributed by atoms with van der Waals surface area (Å²) < 4.78 is 0. The van der Waals surface area contributed by atoms with Crippen molar-refractivity contribution in [3.63, 3.8) is 0 Å². The Morgan fingerprint density at radius 1 is 1.24 bits per heavy atom. The van der Waals surface area contributed by atoms with Gasteiger partial charge in [-0.3, -0.25) is 0 Å². The van der Waals surface area contributed by atoms with Crippen molar-refractivity contribution < 1.29 is 0 Å². The summed E-state index contributed by atoms with van der Waals surface area (Å²) in [6, 6.07) is 0.723. The highest BCUT2D eigenvalue weighted by atomic mass is 32.1. The molecule has 1 heterocycles. The van der Waals surface area contributed by atoms with Crippen molar-refractivity contribution in [2.24, 2.45) is 11.3 Å². The van der Waals surface area contributed by atoms with E-state index in [0.29, 0.717) is 5.41 Å². The van der Waals surface area contributed by atoms with E-state index in [2.05, 4.69) is 57.3 Å². The van der Waals surface area contributed by atoms with Gasteiger partial charge in [0.1, 0.15) is 0 Å². The van der Waals surface area contributed by atoms with Crippen LogP contribution in [-0.4, -0.2) is 55.3 Å². The van der Waals surface area contributed by atoms with Crippen molar-refractivity contribution >= 4 is 12.6 Å². The van der Waals surface area contributed by atoms with Crippen molar-refractivity contribution in [1.29, 1.82) is 0 Å². The third kappa shape index (κ3) is 3.62. The Kier molecular flexibility index (Phi) is 5.81. The minimum Gasteiger partial charge on any atom is -0.305 e. The van der Waals surface area contributed by atoms with Crippen LogP contribution in [0.2, 0.25) is 0 Å². The summed E-state index contributed by atoms with van der Waals surface area (Å²) in [7, 11) is 4.41. The molecule has 0 saturated carbocycles. The Bertz CT molecular complexity index is 218. The van der Waals surface area contributed by atoms with Crippen LogP contribution in [0, 0.1) is 11.3 Å². The summed E-state index contributed by atoms with van der Waals surface area (Å²) in [5, 5.41) is 0. The zero-order valence-corrected chi connectivity index (χ0v) is 13.1. The largest absolute Gasteiger partial charge is 0.305 e. The van der Waals surface area contributed by atoms with Gasteiger partial charge in [0.15, 0.2) is 0 Å². The van der Waals surface area contributed by atoms with Crippen LogP contribution < -0.4 is 0 Å². The third-order valence-corrected chi connectivity index (χ3v) is 5.38. The molecule has 0 spiro atoms. The SMILES string of the molecule is CCC(CC)(CS)CN1CC(C)C(N(C)C)C1. The zero-order valence-electron chi connectivity index (χ0n) is 12.2. The van der Waals surface area contributed by atoms with E-state index >= 15 is 0 Å². The van der Waals surface area contributed by atoms with Crippen LogP contribution in [0.25, 0.3) is 0 Å². The molecule has 3 heteroatoms. The minimum atomic E-state index is 0.421. The lowest BCUT2D eigenvalue weighted by molar-refractivity contribution is 0.173. The van der Waals surface area contributed by atoms with Crippen LogP contribution >= 0.6 is 12.6 Å². The first-order valence-corrected chi connectivity index (χ1v) is 7.61. The molecule has 2 nitrogen and oxygen atoms in total. The maximum absolute atomic E-state index is 4.58. The van der Waals surface area contributed by atoms with Crippen LogP contribution in [0.1, 0.15) is 33.6 Å². The standard InChI is InChI=1S/C14H30N2S/c1-6-14(7-2,11-17)10-16-8-12(3)13(9-16)15(4)5/h12-13,17H,6-11H2,1-5H3. The second-order valence-electron chi connectivity index (χ2n) is 6.07. The van der Waals surface area contributed by atoms with E-state index in [1.165, 1.54) is 32.5 Å². The van der Waals surface area contributed by atoms with Gasteiger partial charge < -0.3 is 9.80 Å². The van der Waals surface area contributed by atoms with Crippen molar-refractivity contribution in [3.05, 3.63) is 0 Å². The highest BCUT2D eigenvalue weighted by Crippen LogP contribution is 2.31. The number of likely N-dealkylation sites (tertiary alicyclic amines) is 1. The van der Waals surface area contributed by atoms with E-state index in [0.717, 1.165) is 17.7 Å². The number of nitrogens with zero attached hydrogens (tertiary/aromatic N) is 2. The van der Waals surface area contributed by atoms with Gasteiger partial charge in [-0.1, -0.05) is 20.8 Å². The third-order valence-electron chi connectivity index (χ3n) is 4.71. The Morgan fingerprint density at radius 2 is 1.82 bits per heavy atom. The van der Waals surface area contributed by atoms with Gasteiger partial charge in [0.2, 0.25) is 0 Å². The Labute approximate surface area is 113 Å². The highest BCUT2D eigenvalue weighted by molar-refractivity contribution is 7.80. The fourth-order valence-corrected chi connectivity index (χ4v) is 3.62. The first-order chi connectivity index (χ1) is 7.98. The molecule has 102 valence electrons. The average molecular weight is 258 g/mol. The van der Waals surface area contributed by atoms with Crippen molar-refractivity contribution in [2.45, 2.75) is 39.7 Å². The molecule has 1 aliphatic heterocycles. The van der Waals surface area contributed by atoms with Gasteiger partial charge >= 0.3 is 0 Å². The average Bonchev–Trinajstić information content (AvgIpc) is 2.67. The van der Waals surface area contributed by atoms with Gasteiger partial charge in [0.05, 0.1) is 0 Å². The van der Waals surface area contributed by atoms with Crippen molar-refractivity contribution in [3.8, 4) is 0 Å². The maximum Gasteiger partial charge on any atom is 0.0254 e. The second-order valence-corrected chi connectivity index (χ2v) is 6.38. The van der Waals surface area contributed by atoms with Gasteiger partial charge in [-0.25, -0.2) is 0 Å². The van der Waals surface area contributed by atoms with E-state index < -0.39 is 0 Å². The number of hydrogen-bond donors (Lipinski definition) is 1. The van der Waals surface area contributed by atoms with Crippen molar-refractivity contribution in [2.75, 3.05) is 39.5 Å². The molecule has 0 aliphatic carbocycles. The smallest absolute Gasteiger partial charge is 0.0254 e. The summed E-state index contributed by atoms with van der Waals surface area (Å²) in [4.78, 5) is 5.03. The molecule has 1 aliphatic rings. The van der Waals surface area contributed by atoms with Gasteiger partial charge in [-0.2, -0.15) is 12.6 Å². The Balaban J connectivity index is 2.59. The van der Waals surface area contributed by atoms with Crippen LogP contribution in [-0.2, 0) is 0 Å². The lowest BCUT2D eigenvalue weighted by Crippen LogP contribution is -2.39. The normalized spacial score (nSPS) is 27.0. The molecule has 2 atom stereocenters. The highest BCUT2D eigenvalue weighted by Gasteiger charge is 2.35. The molecule has 0 aromatic carbocycles. The molecule has 0 bridgehead atoms. The predicted octanol–water partition coefficient (Wildman–Crippen LogP) is 2.60. The van der Waals surface area contributed by atoms with Crippen LogP contribution in [0.5, 0.6) is 0 Å². The van der Waals surface area contributed by atoms with Gasteiger partial charge in [0, 0.05) is 25.7 Å². The molecule has 0 N–H and O–H groups in total. The minimum absolute atomic E-state index is 0.421. The summed E-state index contributed by atoms with van der Waals surface area (Å²) in [5.41, 5.74) is 0.421. The summed E-state index contributed by atoms with van der Waals surface area (Å²) >= 11 is 4.58. The molecule has 1 saturated heterocycles. The quantitative estimate of drug-likeness (QED) is 0.732. The molecule has 0 amide bonds. The monoisotopic (exact) mass is 258 g/mol. The number of likely N-dealkylation sites (N-methyl/N-ethyl adjacent to an activating group) is 1. The van der Waals surface area contributed by atoms with E-state index in [9.17, 15) is 0 Å². The number of thiol groups is 1. The molecule has 17 heavy (non-hydrogen) atoms. The van der Waals surface area contributed by atoms with E-state index in [1.54, 1.807) is 0 Å². The van der Waals surface area contributed by atoms with E-state index in [4.69, 9.17) is 0 Å². The van der Waals surface area contributed by atoms with Gasteiger partial charge in [0.25, 0.3) is 0 Å². The summed E-state index contributed by atoms with van der Waals surface area (Å²) in [6.45, 7) is 10.7. The lowest BCUT2D eigenvalue weighted by Gasteiger charge is -2.34. The summed E-state index contributed by atoms with van der Waals surface area (Å²) in [5.74, 6) is 1.80. The predicted molar refractivity (Wildman–Crippen MR) is 79.9 cm³/mol. The molecule has 0 aromatic rings. The van der Waals surface area contributed by atoms with Crippen LogP contribution in [0.4, 0.5) is 0 Å². The molecule has 1 rings (SSSR count). The molecular weight excluding hydrogens is 228 g/mol. The number of hydrogen-bond acceptors (Lipinski definition) is 3. The van der Waals surface area contributed by atoms with Crippen LogP contribution in [0.3, 0.4) is 0 Å². The Hall–Kier alpha value is 0.270. The fraction of sp³-hybridized carbons (Fsp3) is 1.00. The second kappa shape index (κ2) is 6.44. The summed E-state index contributed by atoms with van der Waals surface area (Å²) in [6.07, 6.45) is 2.48. The van der Waals surface area contributed by atoms with Crippen LogP contribution in [0.15, 0.2) is 0 Å². The van der Waals surface area contributed by atoms with E-state index in [-0.39, 0.29) is 0 Å². The lowest BCUT2D eigenvalue weighted by atomic mass is 9.84.